The van der Waals surface area contributed by atoms with Crippen LogP contribution < -0.4 is 5.32 Å². The van der Waals surface area contributed by atoms with Crippen LogP contribution in [0.1, 0.15) is 50.2 Å². The van der Waals surface area contributed by atoms with E-state index in [1.807, 2.05) is 19.9 Å². The summed E-state index contributed by atoms with van der Waals surface area (Å²) in [6, 6.07) is 4.56. The minimum absolute atomic E-state index is 0.427. The van der Waals surface area contributed by atoms with E-state index >= 15 is 0 Å². The van der Waals surface area contributed by atoms with Crippen LogP contribution in [0.25, 0.3) is 0 Å². The zero-order chi connectivity index (χ0) is 13.1. The normalized spacial score (nSPS) is 18.6. The van der Waals surface area contributed by atoms with Gasteiger partial charge in [-0.15, -0.1) is 0 Å². The van der Waals surface area contributed by atoms with Crippen molar-refractivity contribution in [2.75, 3.05) is 5.32 Å². The zero-order valence-corrected chi connectivity index (χ0v) is 11.8. The molecule has 18 heavy (non-hydrogen) atoms. The second-order valence-electron chi connectivity index (χ2n) is 5.73. The highest BCUT2D eigenvalue weighted by molar-refractivity contribution is 5.59. The molecule has 1 aliphatic rings. The Kier molecular flexibility index (Phi) is 4.15. The molecule has 1 aliphatic carbocycles. The van der Waals surface area contributed by atoms with E-state index < -0.39 is 0 Å². The molecule has 0 saturated heterocycles. The van der Waals surface area contributed by atoms with E-state index in [0.717, 1.165) is 22.7 Å². The number of benzene rings is 1. The van der Waals surface area contributed by atoms with Crippen molar-refractivity contribution in [1.82, 2.24) is 0 Å². The molecule has 0 aromatic heterocycles. The van der Waals surface area contributed by atoms with Gasteiger partial charge >= 0.3 is 0 Å². The first kappa shape index (κ1) is 13.3. The van der Waals surface area contributed by atoms with E-state index in [9.17, 15) is 5.11 Å². The quantitative estimate of drug-likeness (QED) is 0.830. The topological polar surface area (TPSA) is 32.3 Å². The maximum Gasteiger partial charge on any atom is 0.123 e. The fourth-order valence-electron chi connectivity index (χ4n) is 2.99. The molecule has 1 aromatic carbocycles. The van der Waals surface area contributed by atoms with Crippen LogP contribution in [-0.4, -0.2) is 11.1 Å². The van der Waals surface area contributed by atoms with Gasteiger partial charge in [-0.3, -0.25) is 0 Å². The number of phenolic OH excluding ortho intramolecular Hbond substituents is 1. The Bertz CT molecular complexity index is 408. The second kappa shape index (κ2) is 5.64. The summed E-state index contributed by atoms with van der Waals surface area (Å²) in [7, 11) is 0. The van der Waals surface area contributed by atoms with Crippen LogP contribution in [0, 0.1) is 19.8 Å². The first-order chi connectivity index (χ1) is 8.59. The van der Waals surface area contributed by atoms with E-state index in [4.69, 9.17) is 0 Å². The zero-order valence-electron chi connectivity index (χ0n) is 11.8. The van der Waals surface area contributed by atoms with E-state index in [1.54, 1.807) is 0 Å². The molecule has 1 saturated carbocycles. The fraction of sp³-hybridized carbons (Fsp3) is 0.625. The smallest absolute Gasteiger partial charge is 0.123 e. The Labute approximate surface area is 110 Å². The Morgan fingerprint density at radius 3 is 2.50 bits per heavy atom. The lowest BCUT2D eigenvalue weighted by molar-refractivity contribution is 0.328. The van der Waals surface area contributed by atoms with Crippen LogP contribution in [0.5, 0.6) is 5.75 Å². The average molecular weight is 247 g/mol. The van der Waals surface area contributed by atoms with Gasteiger partial charge in [0, 0.05) is 17.3 Å². The number of rotatable bonds is 3. The third-order valence-electron chi connectivity index (χ3n) is 4.37. The fourth-order valence-corrected chi connectivity index (χ4v) is 2.99. The Morgan fingerprint density at radius 1 is 1.17 bits per heavy atom. The maximum atomic E-state index is 9.97. The average Bonchev–Trinajstić information content (AvgIpc) is 2.40. The highest BCUT2D eigenvalue weighted by Crippen LogP contribution is 2.32. The van der Waals surface area contributed by atoms with Crippen molar-refractivity contribution in [3.05, 3.63) is 23.3 Å². The lowest BCUT2D eigenvalue weighted by Gasteiger charge is -2.29. The van der Waals surface area contributed by atoms with Crippen molar-refractivity contribution in [2.45, 2.75) is 58.9 Å². The van der Waals surface area contributed by atoms with Crippen molar-refractivity contribution in [2.24, 2.45) is 5.92 Å². The minimum Gasteiger partial charge on any atom is -0.507 e. The van der Waals surface area contributed by atoms with E-state index in [-0.39, 0.29) is 0 Å². The summed E-state index contributed by atoms with van der Waals surface area (Å²) in [6.07, 6.45) is 6.81. The lowest BCUT2D eigenvalue weighted by atomic mass is 9.84. The van der Waals surface area contributed by atoms with Gasteiger partial charge in [-0.05, 0) is 51.2 Å². The predicted octanol–water partition coefficient (Wildman–Crippen LogP) is 4.39. The molecule has 1 atom stereocenters. The number of aryl methyl sites for hydroxylation is 1. The molecule has 0 aliphatic heterocycles. The largest absolute Gasteiger partial charge is 0.507 e. The summed E-state index contributed by atoms with van der Waals surface area (Å²) in [4.78, 5) is 0. The molecule has 2 heteroatoms. The Hall–Kier alpha value is -1.18. The van der Waals surface area contributed by atoms with Crippen LogP contribution in [0.2, 0.25) is 0 Å². The molecule has 1 fully saturated rings. The third-order valence-corrected chi connectivity index (χ3v) is 4.37. The highest BCUT2D eigenvalue weighted by Gasteiger charge is 2.20. The van der Waals surface area contributed by atoms with Crippen LogP contribution in [0.4, 0.5) is 5.69 Å². The van der Waals surface area contributed by atoms with E-state index in [0.29, 0.717) is 11.8 Å². The highest BCUT2D eigenvalue weighted by atomic mass is 16.3. The summed E-state index contributed by atoms with van der Waals surface area (Å²) < 4.78 is 0. The molecule has 0 spiro atoms. The van der Waals surface area contributed by atoms with Gasteiger partial charge in [0.15, 0.2) is 0 Å². The van der Waals surface area contributed by atoms with Gasteiger partial charge in [0.1, 0.15) is 5.75 Å². The van der Waals surface area contributed by atoms with Gasteiger partial charge in [-0.1, -0.05) is 25.3 Å². The van der Waals surface area contributed by atoms with Gasteiger partial charge < -0.3 is 10.4 Å². The summed E-state index contributed by atoms with van der Waals surface area (Å²) >= 11 is 0. The first-order valence-corrected chi connectivity index (χ1v) is 7.15. The Balaban J connectivity index is 2.06. The number of aromatic hydroxyl groups is 1. The minimum atomic E-state index is 0.427. The van der Waals surface area contributed by atoms with Crippen molar-refractivity contribution >= 4 is 5.69 Å². The summed E-state index contributed by atoms with van der Waals surface area (Å²) in [5.41, 5.74) is 3.00. The number of nitrogens with one attached hydrogen (secondary N) is 1. The van der Waals surface area contributed by atoms with Gasteiger partial charge in [0.05, 0.1) is 0 Å². The molecular weight excluding hydrogens is 222 g/mol. The van der Waals surface area contributed by atoms with Crippen LogP contribution in [0.3, 0.4) is 0 Å². The molecule has 2 nitrogen and oxygen atoms in total. The molecular formula is C16H25NO. The van der Waals surface area contributed by atoms with Crippen molar-refractivity contribution < 1.29 is 5.11 Å². The SMILES string of the molecule is Cc1ccc(NC(C)C2CCCCC2)c(C)c1O. The van der Waals surface area contributed by atoms with Crippen LogP contribution in [-0.2, 0) is 0 Å². The van der Waals surface area contributed by atoms with E-state index in [2.05, 4.69) is 18.3 Å². The van der Waals surface area contributed by atoms with Gasteiger partial charge in [0.25, 0.3) is 0 Å². The second-order valence-corrected chi connectivity index (χ2v) is 5.73. The standard InChI is InChI=1S/C16H25NO/c1-11-9-10-15(12(2)16(11)18)17-13(3)14-7-5-4-6-8-14/h9-10,13-14,17-18H,4-8H2,1-3H3. The van der Waals surface area contributed by atoms with Crippen molar-refractivity contribution in [3.8, 4) is 5.75 Å². The van der Waals surface area contributed by atoms with Gasteiger partial charge in [-0.25, -0.2) is 0 Å². The molecule has 2 rings (SSSR count). The van der Waals surface area contributed by atoms with Crippen LogP contribution >= 0.6 is 0 Å². The number of hydrogen-bond donors (Lipinski definition) is 2. The number of hydrogen-bond acceptors (Lipinski definition) is 2. The lowest BCUT2D eigenvalue weighted by Crippen LogP contribution is -2.27. The molecule has 2 N–H and O–H groups in total. The summed E-state index contributed by atoms with van der Waals surface area (Å²) in [5, 5.41) is 13.6. The van der Waals surface area contributed by atoms with E-state index in [1.165, 1.54) is 32.1 Å². The molecule has 1 unspecified atom stereocenters. The summed E-state index contributed by atoms with van der Waals surface area (Å²) in [5.74, 6) is 1.21. The summed E-state index contributed by atoms with van der Waals surface area (Å²) in [6.45, 7) is 6.20. The molecule has 100 valence electrons. The molecule has 0 heterocycles. The number of phenols is 1. The van der Waals surface area contributed by atoms with Crippen molar-refractivity contribution in [1.29, 1.82) is 0 Å². The Morgan fingerprint density at radius 2 is 1.83 bits per heavy atom. The predicted molar refractivity (Wildman–Crippen MR) is 77.2 cm³/mol. The third kappa shape index (κ3) is 2.80. The first-order valence-electron chi connectivity index (χ1n) is 7.15. The van der Waals surface area contributed by atoms with Gasteiger partial charge in [0.2, 0.25) is 0 Å². The number of anilines is 1. The van der Waals surface area contributed by atoms with Crippen LogP contribution in [0.15, 0.2) is 12.1 Å². The van der Waals surface area contributed by atoms with Gasteiger partial charge in [-0.2, -0.15) is 0 Å². The molecule has 0 radical (unpaired) electrons. The molecule has 1 aromatic rings. The maximum absolute atomic E-state index is 9.97. The molecule has 0 bridgehead atoms. The molecule has 0 amide bonds. The monoisotopic (exact) mass is 247 g/mol. The van der Waals surface area contributed by atoms with Crippen molar-refractivity contribution in [3.63, 3.8) is 0 Å².